The second-order valence-electron chi connectivity index (χ2n) is 7.34. The largest absolute Gasteiger partial charge is 0.395 e. The second kappa shape index (κ2) is 9.36. The van der Waals surface area contributed by atoms with Crippen molar-refractivity contribution in [2.75, 3.05) is 40.0 Å². The number of aliphatic hydroxyl groups is 1. The highest BCUT2D eigenvalue weighted by atomic mass is 16.5. The number of hydrogen-bond donors (Lipinski definition) is 1. The van der Waals surface area contributed by atoms with Crippen molar-refractivity contribution in [2.45, 2.75) is 44.2 Å². The molecular weight excluding hydrogens is 340 g/mol. The molecule has 146 valence electrons. The first-order valence-electron chi connectivity index (χ1n) is 9.91. The van der Waals surface area contributed by atoms with Crippen LogP contribution < -0.4 is 0 Å². The topological polar surface area (TPSA) is 53.0 Å². The summed E-state index contributed by atoms with van der Waals surface area (Å²) >= 11 is 0. The van der Waals surface area contributed by atoms with Crippen LogP contribution in [0.3, 0.4) is 0 Å². The van der Waals surface area contributed by atoms with Gasteiger partial charge in [-0.1, -0.05) is 30.9 Å². The normalized spacial score (nSPS) is 25.4. The zero-order valence-corrected chi connectivity index (χ0v) is 16.4. The van der Waals surface area contributed by atoms with E-state index >= 15 is 0 Å². The first kappa shape index (κ1) is 19.9. The number of carbonyl (C=O) groups is 1. The predicted molar refractivity (Wildman–Crippen MR) is 105 cm³/mol. The number of carbonyl (C=O) groups excluding carboxylic acids is 1. The summed E-state index contributed by atoms with van der Waals surface area (Å²) in [6, 6.07) is 8.72. The van der Waals surface area contributed by atoms with E-state index in [0.717, 1.165) is 38.0 Å². The predicted octanol–water partition coefficient (Wildman–Crippen LogP) is 1.85. The summed E-state index contributed by atoms with van der Waals surface area (Å²) < 4.78 is 4.96. The molecule has 2 aliphatic heterocycles. The molecule has 1 aromatic rings. The molecule has 3 atom stereocenters. The average molecular weight is 370 g/mol. The summed E-state index contributed by atoms with van der Waals surface area (Å²) in [5.41, 5.74) is 2.19. The molecule has 2 heterocycles. The van der Waals surface area contributed by atoms with E-state index in [0.29, 0.717) is 13.0 Å². The highest BCUT2D eigenvalue weighted by Gasteiger charge is 2.49. The van der Waals surface area contributed by atoms with E-state index in [1.54, 1.807) is 7.11 Å². The third-order valence-corrected chi connectivity index (χ3v) is 5.77. The van der Waals surface area contributed by atoms with Crippen LogP contribution >= 0.6 is 0 Å². The molecule has 0 saturated carbocycles. The molecule has 5 heteroatoms. The first-order valence-corrected chi connectivity index (χ1v) is 9.91. The molecule has 0 aromatic heterocycles. The number of ether oxygens (including phenoxy) is 1. The van der Waals surface area contributed by atoms with Gasteiger partial charge in [0.1, 0.15) is 6.61 Å². The number of amides is 1. The SMILES string of the molecule is CCC(=O)N1CCCCN2[C@H](CO)[C@H](c3ccc(C#CCOC)cc3)[C@H]2C1. The van der Waals surface area contributed by atoms with Crippen molar-refractivity contribution in [3.8, 4) is 11.8 Å². The van der Waals surface area contributed by atoms with Crippen molar-refractivity contribution in [1.82, 2.24) is 9.80 Å². The van der Waals surface area contributed by atoms with Crippen molar-refractivity contribution in [2.24, 2.45) is 0 Å². The van der Waals surface area contributed by atoms with Crippen LogP contribution in [0.1, 0.15) is 43.2 Å². The monoisotopic (exact) mass is 370 g/mol. The van der Waals surface area contributed by atoms with Crippen LogP contribution in [0.2, 0.25) is 0 Å². The number of rotatable bonds is 4. The summed E-state index contributed by atoms with van der Waals surface area (Å²) in [5, 5.41) is 9.98. The maximum Gasteiger partial charge on any atom is 0.222 e. The Morgan fingerprint density at radius 1 is 1.26 bits per heavy atom. The summed E-state index contributed by atoms with van der Waals surface area (Å²) in [5.74, 6) is 6.54. The zero-order chi connectivity index (χ0) is 19.2. The summed E-state index contributed by atoms with van der Waals surface area (Å²) in [6.45, 7) is 5.11. The van der Waals surface area contributed by atoms with Gasteiger partial charge in [-0.15, -0.1) is 0 Å². The first-order chi connectivity index (χ1) is 13.2. The smallest absolute Gasteiger partial charge is 0.222 e. The molecule has 2 fully saturated rings. The van der Waals surface area contributed by atoms with Crippen molar-refractivity contribution in [1.29, 1.82) is 0 Å². The zero-order valence-electron chi connectivity index (χ0n) is 16.4. The van der Waals surface area contributed by atoms with Gasteiger partial charge in [-0.05, 0) is 37.1 Å². The summed E-state index contributed by atoms with van der Waals surface area (Å²) in [7, 11) is 1.64. The molecule has 0 radical (unpaired) electrons. The fraction of sp³-hybridized carbons (Fsp3) is 0.591. The molecule has 1 aromatic carbocycles. The van der Waals surface area contributed by atoms with Crippen molar-refractivity contribution >= 4 is 5.91 Å². The van der Waals surface area contributed by atoms with E-state index < -0.39 is 0 Å². The number of aliphatic hydroxyl groups excluding tert-OH is 1. The minimum Gasteiger partial charge on any atom is -0.395 e. The molecule has 0 unspecified atom stereocenters. The van der Waals surface area contributed by atoms with Gasteiger partial charge in [0.2, 0.25) is 5.91 Å². The highest BCUT2D eigenvalue weighted by Crippen LogP contribution is 2.41. The van der Waals surface area contributed by atoms with E-state index in [-0.39, 0.29) is 30.5 Å². The number of fused-ring (bicyclic) bond motifs is 1. The quantitative estimate of drug-likeness (QED) is 0.822. The third kappa shape index (κ3) is 4.35. The molecule has 0 bridgehead atoms. The molecule has 0 spiro atoms. The van der Waals surface area contributed by atoms with Gasteiger partial charge < -0.3 is 14.7 Å². The number of hydrogen-bond acceptors (Lipinski definition) is 4. The number of benzene rings is 1. The molecular formula is C22H30N2O3. The average Bonchev–Trinajstić information content (AvgIpc) is 2.67. The van der Waals surface area contributed by atoms with Crippen molar-refractivity contribution in [3.05, 3.63) is 35.4 Å². The van der Waals surface area contributed by atoms with Crippen LogP contribution in [0.4, 0.5) is 0 Å². The molecule has 27 heavy (non-hydrogen) atoms. The minimum absolute atomic E-state index is 0.136. The van der Waals surface area contributed by atoms with Crippen LogP contribution in [-0.4, -0.2) is 72.9 Å². The Hall–Kier alpha value is -1.87. The Balaban J connectivity index is 1.78. The summed E-state index contributed by atoms with van der Waals surface area (Å²) in [4.78, 5) is 16.7. The van der Waals surface area contributed by atoms with Crippen LogP contribution in [0.25, 0.3) is 0 Å². The number of nitrogens with zero attached hydrogens (tertiary/aromatic N) is 2. The van der Waals surface area contributed by atoms with Crippen molar-refractivity contribution < 1.29 is 14.6 Å². The number of methoxy groups -OCH3 is 1. The van der Waals surface area contributed by atoms with Gasteiger partial charge in [0, 0.05) is 50.2 Å². The van der Waals surface area contributed by atoms with Crippen LogP contribution in [0.15, 0.2) is 24.3 Å². The minimum atomic E-state index is 0.136. The van der Waals surface area contributed by atoms with Gasteiger partial charge in [0.15, 0.2) is 0 Å². The van der Waals surface area contributed by atoms with E-state index in [9.17, 15) is 9.90 Å². The van der Waals surface area contributed by atoms with Crippen LogP contribution in [0.5, 0.6) is 0 Å². The Labute approximate surface area is 162 Å². The van der Waals surface area contributed by atoms with Gasteiger partial charge in [0.25, 0.3) is 0 Å². The molecule has 1 N–H and O–H groups in total. The van der Waals surface area contributed by atoms with Gasteiger partial charge >= 0.3 is 0 Å². The maximum absolute atomic E-state index is 12.3. The van der Waals surface area contributed by atoms with Gasteiger partial charge in [-0.2, -0.15) is 0 Å². The van der Waals surface area contributed by atoms with E-state index in [4.69, 9.17) is 4.74 Å². The van der Waals surface area contributed by atoms with Gasteiger partial charge in [-0.25, -0.2) is 0 Å². The fourth-order valence-corrected chi connectivity index (χ4v) is 4.39. The fourth-order valence-electron chi connectivity index (χ4n) is 4.39. The van der Waals surface area contributed by atoms with E-state index in [1.165, 1.54) is 5.56 Å². The Bertz CT molecular complexity index is 692. The van der Waals surface area contributed by atoms with E-state index in [2.05, 4.69) is 28.9 Å². The molecule has 2 saturated heterocycles. The Kier molecular flexibility index (Phi) is 6.89. The van der Waals surface area contributed by atoms with Crippen molar-refractivity contribution in [3.63, 3.8) is 0 Å². The molecule has 1 amide bonds. The Morgan fingerprint density at radius 2 is 2.00 bits per heavy atom. The molecule has 0 aliphatic carbocycles. The van der Waals surface area contributed by atoms with Crippen LogP contribution in [-0.2, 0) is 9.53 Å². The second-order valence-corrected chi connectivity index (χ2v) is 7.34. The maximum atomic E-state index is 12.3. The van der Waals surface area contributed by atoms with E-state index in [1.807, 2.05) is 24.0 Å². The lowest BCUT2D eigenvalue weighted by atomic mass is 9.74. The van der Waals surface area contributed by atoms with Crippen LogP contribution in [0, 0.1) is 11.8 Å². The standard InChI is InChI=1S/C22H30N2O3/c1-3-21(26)23-12-4-5-13-24-19(15-23)22(20(24)16-25)18-10-8-17(9-11-18)7-6-14-27-2/h8-11,19-20,22,25H,3-5,12-16H2,1-2H3/t19-,20-,22-/m1/s1. The Morgan fingerprint density at radius 3 is 2.67 bits per heavy atom. The summed E-state index contributed by atoms with van der Waals surface area (Å²) in [6.07, 6.45) is 2.66. The molecule has 5 nitrogen and oxygen atoms in total. The lowest BCUT2D eigenvalue weighted by Gasteiger charge is -2.57. The van der Waals surface area contributed by atoms with Gasteiger partial charge in [-0.3, -0.25) is 9.69 Å². The third-order valence-electron chi connectivity index (χ3n) is 5.77. The van der Waals surface area contributed by atoms with Gasteiger partial charge in [0.05, 0.1) is 6.61 Å². The lowest BCUT2D eigenvalue weighted by Crippen LogP contribution is -2.67. The lowest BCUT2D eigenvalue weighted by molar-refractivity contribution is -0.136. The molecule has 3 rings (SSSR count). The molecule has 2 aliphatic rings. The highest BCUT2D eigenvalue weighted by molar-refractivity contribution is 5.75.